The van der Waals surface area contributed by atoms with Crippen molar-refractivity contribution in [2.45, 2.75) is 0 Å². The second-order valence-corrected chi connectivity index (χ2v) is 8.53. The standard InChI is InChI=1S/C22H19OP/c1-24(2)20-14-12-16-8-4-6-10-18(16)22(20)21-17-9-5-3-7-15(17)11-13-19(21)23/h3-14,23H,1-2H3. The van der Waals surface area contributed by atoms with Gasteiger partial charge in [0.05, 0.1) is 0 Å². The van der Waals surface area contributed by atoms with Crippen molar-refractivity contribution in [1.82, 2.24) is 0 Å². The Morgan fingerprint density at radius 2 is 1.17 bits per heavy atom. The first-order valence-corrected chi connectivity index (χ1v) is 10.3. The van der Waals surface area contributed by atoms with Gasteiger partial charge in [-0.25, -0.2) is 0 Å². The molecule has 0 atom stereocenters. The topological polar surface area (TPSA) is 20.2 Å². The maximum atomic E-state index is 10.7. The number of hydrogen-bond acceptors (Lipinski definition) is 1. The Hall–Kier alpha value is -2.37. The Bertz CT molecular complexity index is 1050. The Morgan fingerprint density at radius 1 is 0.625 bits per heavy atom. The fraction of sp³-hybridized carbons (Fsp3) is 0.0909. The zero-order chi connectivity index (χ0) is 16.7. The van der Waals surface area contributed by atoms with Crippen LogP contribution >= 0.6 is 7.92 Å². The molecule has 0 fully saturated rings. The second-order valence-electron chi connectivity index (χ2n) is 6.26. The molecule has 0 aliphatic rings. The molecule has 4 aromatic carbocycles. The van der Waals surface area contributed by atoms with E-state index in [9.17, 15) is 5.11 Å². The molecule has 0 spiro atoms. The molecule has 0 saturated heterocycles. The molecule has 0 amide bonds. The second kappa shape index (κ2) is 5.92. The predicted octanol–water partition coefficient (Wildman–Crippen LogP) is 5.73. The van der Waals surface area contributed by atoms with Gasteiger partial charge in [0, 0.05) is 11.1 Å². The van der Waals surface area contributed by atoms with Crippen LogP contribution in [0.5, 0.6) is 5.75 Å². The SMILES string of the molecule is CP(C)c1ccc2ccccc2c1-c1c(O)ccc2ccccc12. The van der Waals surface area contributed by atoms with Crippen molar-refractivity contribution >= 4 is 34.8 Å². The van der Waals surface area contributed by atoms with Crippen LogP contribution < -0.4 is 5.30 Å². The van der Waals surface area contributed by atoms with E-state index in [0.29, 0.717) is 5.75 Å². The lowest BCUT2D eigenvalue weighted by Crippen LogP contribution is -2.05. The van der Waals surface area contributed by atoms with Gasteiger partial charge in [0.15, 0.2) is 0 Å². The molecule has 118 valence electrons. The first kappa shape index (κ1) is 15.2. The summed E-state index contributed by atoms with van der Waals surface area (Å²) in [5.74, 6) is 0.350. The summed E-state index contributed by atoms with van der Waals surface area (Å²) in [4.78, 5) is 0. The number of rotatable bonds is 2. The Kier molecular flexibility index (Phi) is 3.75. The van der Waals surface area contributed by atoms with E-state index in [-0.39, 0.29) is 7.92 Å². The van der Waals surface area contributed by atoms with Crippen LogP contribution in [0.25, 0.3) is 32.7 Å². The van der Waals surface area contributed by atoms with Gasteiger partial charge in [-0.3, -0.25) is 0 Å². The quantitative estimate of drug-likeness (QED) is 0.465. The van der Waals surface area contributed by atoms with E-state index >= 15 is 0 Å². The van der Waals surface area contributed by atoms with E-state index in [4.69, 9.17) is 0 Å². The highest BCUT2D eigenvalue weighted by Gasteiger charge is 2.17. The van der Waals surface area contributed by atoms with Gasteiger partial charge in [-0.15, -0.1) is 0 Å². The van der Waals surface area contributed by atoms with E-state index in [2.05, 4.69) is 61.9 Å². The van der Waals surface area contributed by atoms with Gasteiger partial charge < -0.3 is 5.11 Å². The van der Waals surface area contributed by atoms with Crippen molar-refractivity contribution in [3.05, 3.63) is 72.8 Å². The molecule has 2 heteroatoms. The predicted molar refractivity (Wildman–Crippen MR) is 107 cm³/mol. The highest BCUT2D eigenvalue weighted by molar-refractivity contribution is 7.64. The minimum Gasteiger partial charge on any atom is -0.507 e. The summed E-state index contributed by atoms with van der Waals surface area (Å²) in [6, 6.07) is 24.9. The van der Waals surface area contributed by atoms with Gasteiger partial charge >= 0.3 is 0 Å². The molecule has 0 aliphatic heterocycles. The van der Waals surface area contributed by atoms with E-state index in [1.54, 1.807) is 0 Å². The summed E-state index contributed by atoms with van der Waals surface area (Å²) < 4.78 is 0. The van der Waals surface area contributed by atoms with Crippen molar-refractivity contribution < 1.29 is 5.11 Å². The number of phenolic OH excluding ortho intramolecular Hbond substituents is 1. The summed E-state index contributed by atoms with van der Waals surface area (Å²) in [5.41, 5.74) is 2.13. The fourth-order valence-corrected chi connectivity index (χ4v) is 4.47. The lowest BCUT2D eigenvalue weighted by atomic mass is 9.93. The lowest BCUT2D eigenvalue weighted by molar-refractivity contribution is 0.478. The molecule has 0 saturated carbocycles. The summed E-state index contributed by atoms with van der Waals surface area (Å²) >= 11 is 0. The Morgan fingerprint density at radius 3 is 1.79 bits per heavy atom. The van der Waals surface area contributed by atoms with Gasteiger partial charge in [0.2, 0.25) is 0 Å². The van der Waals surface area contributed by atoms with E-state index in [1.807, 2.05) is 24.3 Å². The number of fused-ring (bicyclic) bond motifs is 2. The average Bonchev–Trinajstić information content (AvgIpc) is 2.61. The Balaban J connectivity index is 2.21. The average molecular weight is 330 g/mol. The smallest absolute Gasteiger partial charge is 0.124 e. The van der Waals surface area contributed by atoms with E-state index in [0.717, 1.165) is 16.3 Å². The minimum absolute atomic E-state index is 0.292. The third-order valence-electron chi connectivity index (χ3n) is 4.55. The zero-order valence-corrected chi connectivity index (χ0v) is 14.7. The molecule has 1 N–H and O–H groups in total. The molecule has 0 unspecified atom stereocenters. The van der Waals surface area contributed by atoms with Crippen molar-refractivity contribution in [2.24, 2.45) is 0 Å². The van der Waals surface area contributed by atoms with Crippen LogP contribution in [0.3, 0.4) is 0 Å². The largest absolute Gasteiger partial charge is 0.507 e. The summed E-state index contributed by atoms with van der Waals surface area (Å²) in [5, 5.41) is 16.7. The van der Waals surface area contributed by atoms with Crippen molar-refractivity contribution in [3.8, 4) is 16.9 Å². The van der Waals surface area contributed by atoms with Crippen LogP contribution in [0.2, 0.25) is 0 Å². The molecule has 0 aromatic heterocycles. The zero-order valence-electron chi connectivity index (χ0n) is 13.8. The first-order chi connectivity index (χ1) is 11.7. The summed E-state index contributed by atoms with van der Waals surface area (Å²) in [7, 11) is -0.292. The normalized spacial score (nSPS) is 11.5. The molecule has 0 bridgehead atoms. The fourth-order valence-electron chi connectivity index (χ4n) is 3.42. The first-order valence-electron chi connectivity index (χ1n) is 8.07. The number of hydrogen-bond donors (Lipinski definition) is 1. The lowest BCUT2D eigenvalue weighted by Gasteiger charge is -2.19. The van der Waals surface area contributed by atoms with Crippen LogP contribution in [0.15, 0.2) is 72.8 Å². The number of aromatic hydroxyl groups is 1. The van der Waals surface area contributed by atoms with Crippen molar-refractivity contribution in [3.63, 3.8) is 0 Å². The molecule has 0 radical (unpaired) electrons. The maximum Gasteiger partial charge on any atom is 0.124 e. The minimum atomic E-state index is -0.292. The monoisotopic (exact) mass is 330 g/mol. The molecule has 0 heterocycles. The molecule has 1 nitrogen and oxygen atoms in total. The highest BCUT2D eigenvalue weighted by atomic mass is 31.1. The van der Waals surface area contributed by atoms with Crippen molar-refractivity contribution in [1.29, 1.82) is 0 Å². The maximum absolute atomic E-state index is 10.7. The Labute approximate surface area is 143 Å². The van der Waals surface area contributed by atoms with Crippen LogP contribution in [-0.2, 0) is 0 Å². The summed E-state index contributed by atoms with van der Waals surface area (Å²) in [6.45, 7) is 4.54. The van der Waals surface area contributed by atoms with Crippen LogP contribution in [0, 0.1) is 0 Å². The van der Waals surface area contributed by atoms with Crippen LogP contribution in [0.1, 0.15) is 0 Å². The molecule has 24 heavy (non-hydrogen) atoms. The third-order valence-corrected chi connectivity index (χ3v) is 5.88. The highest BCUT2D eigenvalue weighted by Crippen LogP contribution is 2.42. The van der Waals surface area contributed by atoms with Crippen LogP contribution in [-0.4, -0.2) is 18.4 Å². The van der Waals surface area contributed by atoms with Gasteiger partial charge in [0.25, 0.3) is 0 Å². The van der Waals surface area contributed by atoms with Gasteiger partial charge in [-0.05, 0) is 46.2 Å². The van der Waals surface area contributed by atoms with Gasteiger partial charge in [-0.1, -0.05) is 74.7 Å². The molecular weight excluding hydrogens is 311 g/mol. The third kappa shape index (κ3) is 2.37. The van der Waals surface area contributed by atoms with Gasteiger partial charge in [0.1, 0.15) is 5.75 Å². The number of phenols is 1. The van der Waals surface area contributed by atoms with E-state index in [1.165, 1.54) is 21.6 Å². The molecule has 4 rings (SSSR count). The van der Waals surface area contributed by atoms with Gasteiger partial charge in [-0.2, -0.15) is 0 Å². The molecular formula is C22H19OP. The number of benzene rings is 4. The summed E-state index contributed by atoms with van der Waals surface area (Å²) in [6.07, 6.45) is 0. The molecule has 4 aromatic rings. The van der Waals surface area contributed by atoms with E-state index < -0.39 is 0 Å². The molecule has 0 aliphatic carbocycles. The van der Waals surface area contributed by atoms with Crippen molar-refractivity contribution in [2.75, 3.05) is 13.3 Å². The van der Waals surface area contributed by atoms with Crippen LogP contribution in [0.4, 0.5) is 0 Å².